The van der Waals surface area contributed by atoms with Crippen molar-refractivity contribution in [2.45, 2.75) is 32.9 Å². The molecule has 0 bridgehead atoms. The van der Waals surface area contributed by atoms with Gasteiger partial charge in [0.05, 0.1) is 5.75 Å². The van der Waals surface area contributed by atoms with Gasteiger partial charge in [0.2, 0.25) is 5.91 Å². The highest BCUT2D eigenvalue weighted by Crippen LogP contribution is 2.21. The van der Waals surface area contributed by atoms with E-state index in [4.69, 9.17) is 4.74 Å². The lowest BCUT2D eigenvalue weighted by atomic mass is 10.1. The number of carbonyl (C=O) groups excluding carboxylic acids is 2. The van der Waals surface area contributed by atoms with Gasteiger partial charge in [-0.15, -0.1) is 11.8 Å². The molecule has 1 amide bonds. The van der Waals surface area contributed by atoms with Crippen molar-refractivity contribution in [2.24, 2.45) is 0 Å². The van der Waals surface area contributed by atoms with Gasteiger partial charge in [-0.2, -0.15) is 0 Å². The molecule has 0 aliphatic heterocycles. The van der Waals surface area contributed by atoms with Gasteiger partial charge < -0.3 is 10.1 Å². The number of hydrogen-bond acceptors (Lipinski definition) is 4. The van der Waals surface area contributed by atoms with Crippen LogP contribution in [0.4, 0.5) is 5.69 Å². The lowest BCUT2D eigenvalue weighted by Gasteiger charge is -2.13. The van der Waals surface area contributed by atoms with Crippen LogP contribution in [0.2, 0.25) is 0 Å². The van der Waals surface area contributed by atoms with E-state index in [9.17, 15) is 9.59 Å². The Morgan fingerprint density at radius 1 is 1.04 bits per heavy atom. The highest BCUT2D eigenvalue weighted by molar-refractivity contribution is 8.01. The Bertz CT molecular complexity index is 756. The zero-order chi connectivity index (χ0) is 18.4. The Balaban J connectivity index is 1.82. The van der Waals surface area contributed by atoms with Crippen LogP contribution in [0.3, 0.4) is 0 Å². The Hall–Kier alpha value is -2.27. The second-order valence-corrected chi connectivity index (χ2v) is 7.39. The van der Waals surface area contributed by atoms with Gasteiger partial charge >= 0.3 is 5.97 Å². The van der Waals surface area contributed by atoms with Crippen LogP contribution in [-0.4, -0.2) is 22.9 Å². The van der Waals surface area contributed by atoms with E-state index >= 15 is 0 Å². The average Bonchev–Trinajstić information content (AvgIpc) is 2.57. The number of aryl methyl sites for hydroxylation is 3. The highest BCUT2D eigenvalue weighted by atomic mass is 32.2. The van der Waals surface area contributed by atoms with Crippen LogP contribution in [0, 0.1) is 20.8 Å². The maximum absolute atomic E-state index is 12.2. The minimum Gasteiger partial charge on any atom is -0.425 e. The second kappa shape index (κ2) is 8.72. The van der Waals surface area contributed by atoms with Crippen molar-refractivity contribution in [1.82, 2.24) is 0 Å². The van der Waals surface area contributed by atoms with Crippen LogP contribution in [-0.2, 0) is 9.59 Å². The molecule has 1 atom stereocenters. The Morgan fingerprint density at radius 3 is 2.32 bits per heavy atom. The number of ether oxygens (including phenoxy) is 1. The number of esters is 1. The zero-order valence-electron chi connectivity index (χ0n) is 15.0. The van der Waals surface area contributed by atoms with Crippen molar-refractivity contribution in [3.63, 3.8) is 0 Å². The maximum Gasteiger partial charge on any atom is 0.324 e. The number of anilines is 1. The maximum atomic E-state index is 12.2. The van der Waals surface area contributed by atoms with Crippen LogP contribution < -0.4 is 10.1 Å². The SMILES string of the molecule is Cc1ccc(NC(=O)CSC(C)C(=O)Oc2ccc(C)cc2C)cc1. The summed E-state index contributed by atoms with van der Waals surface area (Å²) in [6.45, 7) is 7.63. The summed E-state index contributed by atoms with van der Waals surface area (Å²) in [5, 5.41) is 2.39. The summed E-state index contributed by atoms with van der Waals surface area (Å²) in [7, 11) is 0. The van der Waals surface area contributed by atoms with Gasteiger partial charge in [0.25, 0.3) is 0 Å². The molecule has 0 aromatic heterocycles. The van der Waals surface area contributed by atoms with E-state index in [0.717, 1.165) is 22.4 Å². The van der Waals surface area contributed by atoms with Gasteiger partial charge in [-0.05, 0) is 51.5 Å². The molecule has 5 heteroatoms. The number of thioether (sulfide) groups is 1. The van der Waals surface area contributed by atoms with E-state index in [1.165, 1.54) is 11.8 Å². The molecule has 0 aliphatic rings. The summed E-state index contributed by atoms with van der Waals surface area (Å²) < 4.78 is 5.43. The van der Waals surface area contributed by atoms with Gasteiger partial charge in [0.15, 0.2) is 0 Å². The molecule has 0 aliphatic carbocycles. The lowest BCUT2D eigenvalue weighted by molar-refractivity contribution is -0.133. The molecular formula is C20H23NO3S. The number of rotatable bonds is 6. The van der Waals surface area contributed by atoms with Crippen molar-refractivity contribution >= 4 is 29.3 Å². The molecule has 0 saturated heterocycles. The fourth-order valence-electron chi connectivity index (χ4n) is 2.21. The van der Waals surface area contributed by atoms with Gasteiger partial charge in [-0.1, -0.05) is 35.4 Å². The quantitative estimate of drug-likeness (QED) is 0.619. The number of hydrogen-bond donors (Lipinski definition) is 1. The lowest BCUT2D eigenvalue weighted by Crippen LogP contribution is -2.23. The summed E-state index contributed by atoms with van der Waals surface area (Å²) in [4.78, 5) is 24.2. The fraction of sp³-hybridized carbons (Fsp3) is 0.300. The van der Waals surface area contributed by atoms with E-state index in [1.807, 2.05) is 57.2 Å². The topological polar surface area (TPSA) is 55.4 Å². The summed E-state index contributed by atoms with van der Waals surface area (Å²) >= 11 is 1.26. The molecule has 0 fully saturated rings. The monoisotopic (exact) mass is 357 g/mol. The van der Waals surface area contributed by atoms with E-state index in [1.54, 1.807) is 13.0 Å². The molecular weight excluding hydrogens is 334 g/mol. The van der Waals surface area contributed by atoms with Crippen LogP contribution in [0.25, 0.3) is 0 Å². The first kappa shape index (κ1) is 19.1. The molecule has 1 N–H and O–H groups in total. The first-order valence-corrected chi connectivity index (χ1v) is 9.17. The van der Waals surface area contributed by atoms with Crippen LogP contribution >= 0.6 is 11.8 Å². The molecule has 25 heavy (non-hydrogen) atoms. The molecule has 0 heterocycles. The van der Waals surface area contributed by atoms with Crippen LogP contribution in [0.15, 0.2) is 42.5 Å². The van der Waals surface area contributed by atoms with Gasteiger partial charge in [-0.25, -0.2) is 0 Å². The van der Waals surface area contributed by atoms with Crippen LogP contribution in [0.1, 0.15) is 23.6 Å². The van der Waals surface area contributed by atoms with E-state index in [2.05, 4.69) is 5.32 Å². The molecule has 1 unspecified atom stereocenters. The number of benzene rings is 2. The minimum atomic E-state index is -0.426. The highest BCUT2D eigenvalue weighted by Gasteiger charge is 2.18. The third-order valence-corrected chi connectivity index (χ3v) is 4.79. The number of amides is 1. The molecule has 0 spiro atoms. The average molecular weight is 357 g/mol. The molecule has 0 radical (unpaired) electrons. The summed E-state index contributed by atoms with van der Waals surface area (Å²) in [5.74, 6) is 0.268. The Kier molecular flexibility index (Phi) is 6.65. The van der Waals surface area contributed by atoms with Crippen molar-refractivity contribution in [2.75, 3.05) is 11.1 Å². The smallest absolute Gasteiger partial charge is 0.324 e. The normalized spacial score (nSPS) is 11.7. The second-order valence-electron chi connectivity index (χ2n) is 6.06. The van der Waals surface area contributed by atoms with Crippen molar-refractivity contribution in [1.29, 1.82) is 0 Å². The third kappa shape index (κ3) is 5.94. The van der Waals surface area contributed by atoms with Gasteiger partial charge in [0, 0.05) is 5.69 Å². The number of carbonyl (C=O) groups is 2. The summed E-state index contributed by atoms with van der Waals surface area (Å²) in [6, 6.07) is 13.3. The van der Waals surface area contributed by atoms with Crippen molar-refractivity contribution in [3.05, 3.63) is 59.2 Å². The largest absolute Gasteiger partial charge is 0.425 e. The first-order valence-electron chi connectivity index (χ1n) is 8.12. The summed E-state index contributed by atoms with van der Waals surface area (Å²) in [5.41, 5.74) is 3.92. The Morgan fingerprint density at radius 2 is 1.68 bits per heavy atom. The van der Waals surface area contributed by atoms with Crippen molar-refractivity contribution < 1.29 is 14.3 Å². The predicted molar refractivity (Wildman–Crippen MR) is 103 cm³/mol. The van der Waals surface area contributed by atoms with Gasteiger partial charge in [-0.3, -0.25) is 9.59 Å². The first-order chi connectivity index (χ1) is 11.8. The zero-order valence-corrected chi connectivity index (χ0v) is 15.8. The fourth-order valence-corrected chi connectivity index (χ4v) is 2.87. The molecule has 2 aromatic rings. The molecule has 4 nitrogen and oxygen atoms in total. The third-order valence-electron chi connectivity index (χ3n) is 3.67. The summed E-state index contributed by atoms with van der Waals surface area (Å²) in [6.07, 6.45) is 0. The van der Waals surface area contributed by atoms with E-state index in [0.29, 0.717) is 5.75 Å². The predicted octanol–water partition coefficient (Wildman–Crippen LogP) is 4.28. The van der Waals surface area contributed by atoms with Crippen molar-refractivity contribution in [3.8, 4) is 5.75 Å². The van der Waals surface area contributed by atoms with E-state index < -0.39 is 5.25 Å². The minimum absolute atomic E-state index is 0.139. The van der Waals surface area contributed by atoms with E-state index in [-0.39, 0.29) is 17.6 Å². The van der Waals surface area contributed by atoms with Crippen LogP contribution in [0.5, 0.6) is 5.75 Å². The standard InChI is InChI=1S/C20H23NO3S/c1-13-5-8-17(9-6-13)21-19(22)12-25-16(4)20(23)24-18-10-7-14(2)11-15(18)3/h5-11,16H,12H2,1-4H3,(H,21,22). The van der Waals surface area contributed by atoms with Gasteiger partial charge in [0.1, 0.15) is 11.0 Å². The molecule has 2 aromatic carbocycles. The molecule has 132 valence electrons. The Labute approximate surface area is 153 Å². The molecule has 0 saturated carbocycles. The molecule has 2 rings (SSSR count). The number of nitrogens with one attached hydrogen (secondary N) is 1.